The molecule has 2 heterocycles. The molecule has 1 saturated heterocycles. The summed E-state index contributed by atoms with van der Waals surface area (Å²) < 4.78 is 10.7. The Kier molecular flexibility index (Phi) is 5.11. The third-order valence-corrected chi connectivity index (χ3v) is 4.71. The van der Waals surface area contributed by atoms with E-state index in [1.165, 1.54) is 6.07 Å². The predicted octanol–water partition coefficient (Wildman–Crippen LogP) is 2.72. The Morgan fingerprint density at radius 1 is 1.27 bits per heavy atom. The Labute approximate surface area is 152 Å². The third kappa shape index (κ3) is 3.49. The molecule has 0 spiro atoms. The molecule has 1 aromatic heterocycles. The van der Waals surface area contributed by atoms with E-state index in [2.05, 4.69) is 9.88 Å². The molecule has 8 heteroatoms. The molecule has 1 atom stereocenters. The monoisotopic (exact) mass is 358 g/mol. The first-order valence-electron chi connectivity index (χ1n) is 8.33. The minimum atomic E-state index is -0.390. The number of benzene rings is 1. The fourth-order valence-corrected chi connectivity index (χ4v) is 3.24. The molecule has 0 bridgehead atoms. The van der Waals surface area contributed by atoms with Gasteiger partial charge in [-0.2, -0.15) is 0 Å². The van der Waals surface area contributed by atoms with E-state index in [1.807, 2.05) is 30.1 Å². The number of anilines is 2. The van der Waals surface area contributed by atoms with Crippen molar-refractivity contribution in [2.75, 3.05) is 44.2 Å². The van der Waals surface area contributed by atoms with Crippen LogP contribution in [-0.4, -0.2) is 50.3 Å². The summed E-state index contributed by atoms with van der Waals surface area (Å²) in [6.45, 7) is 1.58. The van der Waals surface area contributed by atoms with E-state index in [4.69, 9.17) is 9.47 Å². The molecule has 138 valence electrons. The smallest absolute Gasteiger partial charge is 0.311 e. The highest BCUT2D eigenvalue weighted by atomic mass is 16.6. The number of rotatable bonds is 6. The van der Waals surface area contributed by atoms with Crippen LogP contribution in [0.25, 0.3) is 0 Å². The van der Waals surface area contributed by atoms with Gasteiger partial charge in [0.2, 0.25) is 5.82 Å². The first-order valence-corrected chi connectivity index (χ1v) is 8.33. The van der Waals surface area contributed by atoms with Gasteiger partial charge in [-0.25, -0.2) is 4.98 Å². The Balaban J connectivity index is 1.80. The minimum Gasteiger partial charge on any atom is -0.497 e. The van der Waals surface area contributed by atoms with Crippen molar-refractivity contribution >= 4 is 17.2 Å². The summed E-state index contributed by atoms with van der Waals surface area (Å²) in [4.78, 5) is 19.2. The van der Waals surface area contributed by atoms with Crippen LogP contribution in [0, 0.1) is 10.1 Å². The summed E-state index contributed by atoms with van der Waals surface area (Å²) in [6.07, 6.45) is 2.46. The number of pyridine rings is 1. The molecule has 0 saturated carbocycles. The van der Waals surface area contributed by atoms with Crippen molar-refractivity contribution < 1.29 is 14.4 Å². The highest BCUT2D eigenvalue weighted by Crippen LogP contribution is 2.33. The Bertz CT molecular complexity index is 776. The van der Waals surface area contributed by atoms with Crippen molar-refractivity contribution in [1.82, 2.24) is 4.98 Å². The molecule has 1 aromatic carbocycles. The minimum absolute atomic E-state index is 0.0245. The molecule has 2 aromatic rings. The van der Waals surface area contributed by atoms with Crippen molar-refractivity contribution in [2.24, 2.45) is 0 Å². The van der Waals surface area contributed by atoms with Gasteiger partial charge >= 0.3 is 5.69 Å². The average molecular weight is 358 g/mol. The molecule has 8 nitrogen and oxygen atoms in total. The maximum atomic E-state index is 11.3. The highest BCUT2D eigenvalue weighted by molar-refractivity contribution is 5.60. The normalized spacial score (nSPS) is 16.4. The van der Waals surface area contributed by atoms with Gasteiger partial charge in [0.15, 0.2) is 0 Å². The lowest BCUT2D eigenvalue weighted by atomic mass is 10.2. The first kappa shape index (κ1) is 17.8. The Morgan fingerprint density at radius 3 is 2.58 bits per heavy atom. The van der Waals surface area contributed by atoms with Gasteiger partial charge in [0.1, 0.15) is 11.5 Å². The van der Waals surface area contributed by atoms with Crippen molar-refractivity contribution in [3.63, 3.8) is 0 Å². The van der Waals surface area contributed by atoms with Crippen LogP contribution in [0.2, 0.25) is 0 Å². The van der Waals surface area contributed by atoms with E-state index in [1.54, 1.807) is 26.5 Å². The fourth-order valence-electron chi connectivity index (χ4n) is 3.24. The van der Waals surface area contributed by atoms with Gasteiger partial charge in [-0.05, 0) is 12.5 Å². The number of aromatic nitrogens is 1. The molecule has 1 aliphatic heterocycles. The van der Waals surface area contributed by atoms with Gasteiger partial charge < -0.3 is 19.3 Å². The van der Waals surface area contributed by atoms with Gasteiger partial charge in [0, 0.05) is 62.3 Å². The summed E-state index contributed by atoms with van der Waals surface area (Å²) in [7, 11) is 5.11. The molecule has 1 unspecified atom stereocenters. The molecule has 1 fully saturated rings. The van der Waals surface area contributed by atoms with Gasteiger partial charge in [-0.15, -0.1) is 0 Å². The fraction of sp³-hybridized carbons (Fsp3) is 0.389. The van der Waals surface area contributed by atoms with E-state index in [0.717, 1.165) is 36.7 Å². The van der Waals surface area contributed by atoms with Crippen molar-refractivity contribution in [3.8, 4) is 11.5 Å². The quantitative estimate of drug-likeness (QED) is 0.580. The van der Waals surface area contributed by atoms with Gasteiger partial charge in [-0.1, -0.05) is 0 Å². The van der Waals surface area contributed by atoms with Crippen molar-refractivity contribution in [1.29, 1.82) is 0 Å². The van der Waals surface area contributed by atoms with E-state index in [-0.39, 0.29) is 11.7 Å². The standard InChI is InChI=1S/C18H22N4O4/c1-20(18-17(22(23)24)5-4-7-19-18)13-6-8-21(12-13)14-9-15(25-2)11-16(10-14)26-3/h4-5,7,9-11,13H,6,8,12H2,1-3H3. The predicted molar refractivity (Wildman–Crippen MR) is 99.5 cm³/mol. The van der Waals surface area contributed by atoms with Crippen LogP contribution < -0.4 is 19.3 Å². The third-order valence-electron chi connectivity index (χ3n) is 4.71. The van der Waals surface area contributed by atoms with Crippen LogP contribution in [0.1, 0.15) is 6.42 Å². The first-order chi connectivity index (χ1) is 12.5. The number of hydrogen-bond donors (Lipinski definition) is 0. The molecule has 3 rings (SSSR count). The zero-order valence-electron chi connectivity index (χ0n) is 15.1. The number of methoxy groups -OCH3 is 2. The molecule has 26 heavy (non-hydrogen) atoms. The molecule has 1 aliphatic rings. The summed E-state index contributed by atoms with van der Waals surface area (Å²) in [6, 6.07) is 8.96. The molecular weight excluding hydrogens is 336 g/mol. The van der Waals surface area contributed by atoms with E-state index in [9.17, 15) is 10.1 Å². The molecule has 0 N–H and O–H groups in total. The zero-order valence-corrected chi connectivity index (χ0v) is 15.1. The molecule has 0 amide bonds. The number of likely N-dealkylation sites (N-methyl/N-ethyl adjacent to an activating group) is 1. The second-order valence-electron chi connectivity index (χ2n) is 6.17. The lowest BCUT2D eigenvalue weighted by Crippen LogP contribution is -2.35. The van der Waals surface area contributed by atoms with Crippen LogP contribution in [-0.2, 0) is 0 Å². The largest absolute Gasteiger partial charge is 0.497 e. The number of nitrogens with zero attached hydrogens (tertiary/aromatic N) is 4. The van der Waals surface area contributed by atoms with E-state index in [0.29, 0.717) is 5.82 Å². The average Bonchev–Trinajstić information content (AvgIpc) is 3.17. The Hall–Kier alpha value is -3.03. The lowest BCUT2D eigenvalue weighted by Gasteiger charge is -2.26. The van der Waals surface area contributed by atoms with E-state index >= 15 is 0 Å². The van der Waals surface area contributed by atoms with Gasteiger partial charge in [-0.3, -0.25) is 10.1 Å². The highest BCUT2D eigenvalue weighted by Gasteiger charge is 2.30. The summed E-state index contributed by atoms with van der Waals surface area (Å²) >= 11 is 0. The van der Waals surface area contributed by atoms with Crippen molar-refractivity contribution in [3.05, 3.63) is 46.6 Å². The van der Waals surface area contributed by atoms with Crippen LogP contribution in [0.3, 0.4) is 0 Å². The van der Waals surface area contributed by atoms with E-state index < -0.39 is 4.92 Å². The van der Waals surface area contributed by atoms with Crippen LogP contribution in [0.5, 0.6) is 11.5 Å². The van der Waals surface area contributed by atoms with Crippen LogP contribution >= 0.6 is 0 Å². The SMILES string of the molecule is COc1cc(OC)cc(N2CCC(N(C)c3ncccc3[N+](=O)[O-])C2)c1. The topological polar surface area (TPSA) is 81.0 Å². The summed E-state index contributed by atoms with van der Waals surface area (Å²) in [5, 5.41) is 11.3. The lowest BCUT2D eigenvalue weighted by molar-refractivity contribution is -0.384. The second-order valence-corrected chi connectivity index (χ2v) is 6.17. The summed E-state index contributed by atoms with van der Waals surface area (Å²) in [5.41, 5.74) is 1.03. The maximum Gasteiger partial charge on any atom is 0.311 e. The molecule has 0 aliphatic carbocycles. The van der Waals surface area contributed by atoms with Crippen LogP contribution in [0.4, 0.5) is 17.2 Å². The second kappa shape index (κ2) is 7.47. The molecular formula is C18H22N4O4. The summed E-state index contributed by atoms with van der Waals surface area (Å²) in [5.74, 6) is 1.86. The zero-order chi connectivity index (χ0) is 18.7. The number of nitro groups is 1. The maximum absolute atomic E-state index is 11.3. The Morgan fingerprint density at radius 2 is 1.96 bits per heavy atom. The van der Waals surface area contributed by atoms with Crippen LogP contribution in [0.15, 0.2) is 36.5 Å². The van der Waals surface area contributed by atoms with Crippen molar-refractivity contribution in [2.45, 2.75) is 12.5 Å². The molecule has 0 radical (unpaired) electrons. The number of ether oxygens (including phenoxy) is 2. The van der Waals surface area contributed by atoms with Gasteiger partial charge in [0.25, 0.3) is 0 Å². The van der Waals surface area contributed by atoms with Gasteiger partial charge in [0.05, 0.1) is 19.1 Å². The number of hydrogen-bond acceptors (Lipinski definition) is 7.